The molecular formula is C15H21N3S. The van der Waals surface area contributed by atoms with E-state index >= 15 is 0 Å². The Morgan fingerprint density at radius 3 is 2.53 bits per heavy atom. The number of thiazole rings is 1. The molecule has 0 aliphatic carbocycles. The number of rotatable bonds is 4. The smallest absolute Gasteiger partial charge is 0.0900 e. The summed E-state index contributed by atoms with van der Waals surface area (Å²) in [5.41, 5.74) is 3.37. The molecule has 2 heterocycles. The molecule has 0 saturated carbocycles. The maximum absolute atomic E-state index is 4.65. The Hall–Kier alpha value is -1.26. The van der Waals surface area contributed by atoms with Crippen LogP contribution in [0.3, 0.4) is 0 Å². The van der Waals surface area contributed by atoms with Crippen LogP contribution in [0.1, 0.15) is 39.9 Å². The van der Waals surface area contributed by atoms with Gasteiger partial charge in [-0.1, -0.05) is 6.07 Å². The zero-order chi connectivity index (χ0) is 14.0. The predicted octanol–water partition coefficient (Wildman–Crippen LogP) is 3.66. The first-order chi connectivity index (χ1) is 8.97. The highest BCUT2D eigenvalue weighted by Crippen LogP contribution is 2.26. The standard InChI is InChI=1S/C15H21N3S/c1-10-7-6-8-14(16-10)9-18(5)11(2)15-12(3)19-13(4)17-15/h6-8,11H,9H2,1-5H3. The monoisotopic (exact) mass is 275 g/mol. The zero-order valence-corrected chi connectivity index (χ0v) is 13.1. The van der Waals surface area contributed by atoms with Crippen LogP contribution in [-0.2, 0) is 6.54 Å². The van der Waals surface area contributed by atoms with Crippen molar-refractivity contribution < 1.29 is 0 Å². The molecule has 0 aliphatic rings. The van der Waals surface area contributed by atoms with E-state index in [1.807, 2.05) is 13.0 Å². The first-order valence-electron chi connectivity index (χ1n) is 6.54. The van der Waals surface area contributed by atoms with Gasteiger partial charge in [-0.05, 0) is 46.9 Å². The number of aryl methyl sites for hydroxylation is 3. The normalized spacial score (nSPS) is 12.9. The molecule has 0 spiro atoms. The quantitative estimate of drug-likeness (QED) is 0.852. The van der Waals surface area contributed by atoms with Crippen molar-refractivity contribution in [2.75, 3.05) is 7.05 Å². The van der Waals surface area contributed by atoms with Crippen molar-refractivity contribution in [2.24, 2.45) is 0 Å². The molecule has 0 aromatic carbocycles. The largest absolute Gasteiger partial charge is 0.292 e. The lowest BCUT2D eigenvalue weighted by Crippen LogP contribution is -2.23. The van der Waals surface area contributed by atoms with Gasteiger partial charge in [0.2, 0.25) is 0 Å². The van der Waals surface area contributed by atoms with Crippen molar-refractivity contribution in [2.45, 2.75) is 40.3 Å². The number of hydrogen-bond acceptors (Lipinski definition) is 4. The maximum atomic E-state index is 4.65. The molecule has 1 atom stereocenters. The van der Waals surface area contributed by atoms with Gasteiger partial charge in [-0.25, -0.2) is 4.98 Å². The molecule has 0 bridgehead atoms. The molecule has 0 fully saturated rings. The van der Waals surface area contributed by atoms with Crippen molar-refractivity contribution in [3.05, 3.63) is 45.2 Å². The summed E-state index contributed by atoms with van der Waals surface area (Å²) in [5.74, 6) is 0. The molecule has 0 aliphatic heterocycles. The molecule has 2 rings (SSSR count). The summed E-state index contributed by atoms with van der Waals surface area (Å²) >= 11 is 1.77. The number of nitrogens with zero attached hydrogens (tertiary/aromatic N) is 3. The number of hydrogen-bond donors (Lipinski definition) is 0. The minimum atomic E-state index is 0.312. The lowest BCUT2D eigenvalue weighted by molar-refractivity contribution is 0.245. The van der Waals surface area contributed by atoms with Crippen LogP contribution in [0.5, 0.6) is 0 Å². The van der Waals surface area contributed by atoms with Crippen molar-refractivity contribution in [3.63, 3.8) is 0 Å². The molecule has 19 heavy (non-hydrogen) atoms. The highest BCUT2D eigenvalue weighted by molar-refractivity contribution is 7.11. The van der Waals surface area contributed by atoms with Gasteiger partial charge in [-0.15, -0.1) is 11.3 Å². The van der Waals surface area contributed by atoms with Gasteiger partial charge in [0.25, 0.3) is 0 Å². The summed E-state index contributed by atoms with van der Waals surface area (Å²) in [4.78, 5) is 12.8. The van der Waals surface area contributed by atoms with E-state index in [4.69, 9.17) is 0 Å². The van der Waals surface area contributed by atoms with Gasteiger partial charge in [0.1, 0.15) is 0 Å². The van der Waals surface area contributed by atoms with Crippen LogP contribution in [0.2, 0.25) is 0 Å². The first-order valence-corrected chi connectivity index (χ1v) is 7.35. The molecule has 102 valence electrons. The average Bonchev–Trinajstić information content (AvgIpc) is 2.67. The Balaban J connectivity index is 2.11. The van der Waals surface area contributed by atoms with Gasteiger partial charge < -0.3 is 0 Å². The molecule has 0 amide bonds. The predicted molar refractivity (Wildman–Crippen MR) is 80.4 cm³/mol. The summed E-state index contributed by atoms with van der Waals surface area (Å²) in [5, 5.41) is 1.14. The van der Waals surface area contributed by atoms with E-state index in [9.17, 15) is 0 Å². The SMILES string of the molecule is Cc1cccc(CN(C)C(C)c2nc(C)sc2C)n1. The van der Waals surface area contributed by atoms with Gasteiger partial charge in [-0.2, -0.15) is 0 Å². The Kier molecular flexibility index (Phi) is 4.32. The van der Waals surface area contributed by atoms with E-state index in [0.29, 0.717) is 6.04 Å². The highest BCUT2D eigenvalue weighted by Gasteiger charge is 2.17. The van der Waals surface area contributed by atoms with Crippen LogP contribution in [-0.4, -0.2) is 21.9 Å². The molecule has 1 unspecified atom stereocenters. The van der Waals surface area contributed by atoms with Crippen molar-refractivity contribution in [1.29, 1.82) is 0 Å². The number of aromatic nitrogens is 2. The minimum Gasteiger partial charge on any atom is -0.292 e. The Morgan fingerprint density at radius 1 is 1.21 bits per heavy atom. The molecule has 3 nitrogen and oxygen atoms in total. The zero-order valence-electron chi connectivity index (χ0n) is 12.3. The summed E-state index contributed by atoms with van der Waals surface area (Å²) in [6.45, 7) is 9.29. The first kappa shape index (κ1) is 14.2. The fourth-order valence-electron chi connectivity index (χ4n) is 2.22. The van der Waals surface area contributed by atoms with Gasteiger partial charge >= 0.3 is 0 Å². The second kappa shape index (κ2) is 5.80. The summed E-state index contributed by atoms with van der Waals surface area (Å²) < 4.78 is 0. The summed E-state index contributed by atoms with van der Waals surface area (Å²) in [7, 11) is 2.13. The number of pyridine rings is 1. The molecule has 4 heteroatoms. The molecular weight excluding hydrogens is 254 g/mol. The maximum Gasteiger partial charge on any atom is 0.0900 e. The topological polar surface area (TPSA) is 29.0 Å². The van der Waals surface area contributed by atoms with Crippen molar-refractivity contribution in [1.82, 2.24) is 14.9 Å². The van der Waals surface area contributed by atoms with Crippen LogP contribution in [0.4, 0.5) is 0 Å². The second-order valence-corrected chi connectivity index (χ2v) is 6.44. The van der Waals surface area contributed by atoms with E-state index in [1.165, 1.54) is 10.6 Å². The second-order valence-electron chi connectivity index (χ2n) is 5.04. The van der Waals surface area contributed by atoms with Gasteiger partial charge in [-0.3, -0.25) is 9.88 Å². The summed E-state index contributed by atoms with van der Waals surface area (Å²) in [6.07, 6.45) is 0. The molecule has 0 saturated heterocycles. The fraction of sp³-hybridized carbons (Fsp3) is 0.467. The lowest BCUT2D eigenvalue weighted by atomic mass is 10.2. The van der Waals surface area contributed by atoms with Gasteiger partial charge in [0, 0.05) is 17.1 Å². The van der Waals surface area contributed by atoms with Crippen LogP contribution < -0.4 is 0 Å². The Bertz CT molecular complexity index is 562. The lowest BCUT2D eigenvalue weighted by Gasteiger charge is -2.23. The molecule has 2 aromatic heterocycles. The van der Waals surface area contributed by atoms with Gasteiger partial charge in [0.05, 0.1) is 22.4 Å². The van der Waals surface area contributed by atoms with Crippen molar-refractivity contribution in [3.8, 4) is 0 Å². The minimum absolute atomic E-state index is 0.312. The highest BCUT2D eigenvalue weighted by atomic mass is 32.1. The van der Waals surface area contributed by atoms with E-state index in [0.717, 1.165) is 22.9 Å². The van der Waals surface area contributed by atoms with Crippen molar-refractivity contribution >= 4 is 11.3 Å². The van der Waals surface area contributed by atoms with Crippen LogP contribution in [0.15, 0.2) is 18.2 Å². The average molecular weight is 275 g/mol. The van der Waals surface area contributed by atoms with Crippen LogP contribution in [0, 0.1) is 20.8 Å². The Morgan fingerprint density at radius 2 is 1.95 bits per heavy atom. The molecule has 2 aromatic rings. The molecule has 0 N–H and O–H groups in total. The van der Waals surface area contributed by atoms with Crippen LogP contribution in [0.25, 0.3) is 0 Å². The Labute approximate surface area is 119 Å². The van der Waals surface area contributed by atoms with E-state index in [2.05, 4.69) is 54.8 Å². The molecule has 0 radical (unpaired) electrons. The summed E-state index contributed by atoms with van der Waals surface area (Å²) in [6, 6.07) is 6.48. The fourth-order valence-corrected chi connectivity index (χ4v) is 3.13. The van der Waals surface area contributed by atoms with Gasteiger partial charge in [0.15, 0.2) is 0 Å². The third kappa shape index (κ3) is 3.39. The van der Waals surface area contributed by atoms with E-state index in [1.54, 1.807) is 11.3 Å². The third-order valence-corrected chi connectivity index (χ3v) is 4.26. The van der Waals surface area contributed by atoms with Crippen LogP contribution >= 0.6 is 11.3 Å². The van der Waals surface area contributed by atoms with E-state index < -0.39 is 0 Å². The third-order valence-electron chi connectivity index (χ3n) is 3.35. The van der Waals surface area contributed by atoms with E-state index in [-0.39, 0.29) is 0 Å².